The van der Waals surface area contributed by atoms with Crippen molar-refractivity contribution in [2.75, 3.05) is 0 Å². The zero-order valence-corrected chi connectivity index (χ0v) is 8.00. The van der Waals surface area contributed by atoms with Crippen molar-refractivity contribution < 1.29 is 14.0 Å². The second-order valence-corrected chi connectivity index (χ2v) is 3.10. The lowest BCUT2D eigenvalue weighted by Crippen LogP contribution is -2.10. The molecule has 1 aromatic rings. The minimum absolute atomic E-state index is 0.0808. The van der Waals surface area contributed by atoms with E-state index in [1.54, 1.807) is 6.92 Å². The largest absolute Gasteiger partial charge is 0.300 e. The fourth-order valence-electron chi connectivity index (χ4n) is 1.17. The van der Waals surface area contributed by atoms with E-state index in [0.29, 0.717) is 5.56 Å². The predicted molar refractivity (Wildman–Crippen MR) is 48.6 cm³/mol. The van der Waals surface area contributed by atoms with Crippen molar-refractivity contribution in [2.24, 2.45) is 0 Å². The number of nitrogens with zero attached hydrogens (tertiary/aromatic N) is 1. The second kappa shape index (κ2) is 4.09. The number of pyridine rings is 1. The first-order valence-electron chi connectivity index (χ1n) is 4.16. The monoisotopic (exact) mass is 195 g/mol. The third kappa shape index (κ3) is 2.22. The summed E-state index contributed by atoms with van der Waals surface area (Å²) in [6.07, 6.45) is 1.01. The molecule has 0 N–H and O–H groups in total. The van der Waals surface area contributed by atoms with Gasteiger partial charge >= 0.3 is 0 Å². The maximum atomic E-state index is 13.1. The van der Waals surface area contributed by atoms with Crippen LogP contribution in [0.3, 0.4) is 0 Å². The van der Waals surface area contributed by atoms with Crippen LogP contribution in [-0.2, 0) is 4.79 Å². The van der Waals surface area contributed by atoms with Crippen LogP contribution >= 0.6 is 0 Å². The zero-order valence-electron chi connectivity index (χ0n) is 8.00. The lowest BCUT2D eigenvalue weighted by Gasteiger charge is -2.03. The Balaban J connectivity index is 3.06. The Kier molecular flexibility index (Phi) is 3.06. The molecular weight excluding hydrogens is 185 g/mol. The van der Waals surface area contributed by atoms with Crippen LogP contribution in [-0.4, -0.2) is 16.6 Å². The number of halogens is 1. The Morgan fingerprint density at radius 3 is 2.64 bits per heavy atom. The van der Waals surface area contributed by atoms with Gasteiger partial charge in [0.1, 0.15) is 5.78 Å². The van der Waals surface area contributed by atoms with Gasteiger partial charge < -0.3 is 0 Å². The second-order valence-electron chi connectivity index (χ2n) is 3.10. The molecule has 4 heteroatoms. The number of rotatable bonds is 3. The number of aromatic nitrogens is 1. The third-order valence-electron chi connectivity index (χ3n) is 1.80. The molecule has 0 radical (unpaired) electrons. The Bertz CT molecular complexity index is 367. The van der Waals surface area contributed by atoms with Crippen LogP contribution < -0.4 is 0 Å². The van der Waals surface area contributed by atoms with Crippen LogP contribution in [0.5, 0.6) is 0 Å². The molecular formula is C10H10FNO2. The summed E-state index contributed by atoms with van der Waals surface area (Å²) in [5.41, 5.74) is 0.423. The zero-order chi connectivity index (χ0) is 10.7. The van der Waals surface area contributed by atoms with E-state index in [1.165, 1.54) is 19.2 Å². The van der Waals surface area contributed by atoms with Crippen molar-refractivity contribution in [2.45, 2.75) is 20.3 Å². The molecule has 0 aliphatic heterocycles. The van der Waals surface area contributed by atoms with Crippen molar-refractivity contribution in [3.05, 3.63) is 29.3 Å². The fourth-order valence-corrected chi connectivity index (χ4v) is 1.17. The van der Waals surface area contributed by atoms with E-state index in [4.69, 9.17) is 0 Å². The summed E-state index contributed by atoms with van der Waals surface area (Å²) >= 11 is 0. The minimum atomic E-state index is -0.809. The van der Waals surface area contributed by atoms with Crippen LogP contribution in [0.1, 0.15) is 29.3 Å². The summed E-state index contributed by atoms with van der Waals surface area (Å²) in [6, 6.07) is 1.54. The van der Waals surface area contributed by atoms with Gasteiger partial charge in [0.05, 0.1) is 12.0 Å². The molecule has 1 aromatic heterocycles. The van der Waals surface area contributed by atoms with Crippen molar-refractivity contribution in [1.82, 2.24) is 4.98 Å². The number of hydrogen-bond donors (Lipinski definition) is 0. The fraction of sp³-hybridized carbons (Fsp3) is 0.300. The number of carbonyl (C=O) groups excluding carboxylic acids is 2. The molecule has 0 spiro atoms. The van der Waals surface area contributed by atoms with Crippen LogP contribution in [0.2, 0.25) is 0 Å². The number of Topliss-reactive ketones (excluding diaryl/α,β-unsaturated/α-hetero) is 2. The maximum absolute atomic E-state index is 13.1. The molecule has 0 atom stereocenters. The normalized spacial score (nSPS) is 9.93. The van der Waals surface area contributed by atoms with E-state index in [0.717, 1.165) is 0 Å². The number of hydrogen-bond acceptors (Lipinski definition) is 3. The Morgan fingerprint density at radius 1 is 1.50 bits per heavy atom. The van der Waals surface area contributed by atoms with Gasteiger partial charge in [-0.3, -0.25) is 9.59 Å². The number of carbonyl (C=O) groups is 2. The molecule has 0 aromatic carbocycles. The summed E-state index contributed by atoms with van der Waals surface area (Å²) in [5, 5.41) is 0. The van der Waals surface area contributed by atoms with Gasteiger partial charge in [0.15, 0.2) is 5.78 Å². The summed E-state index contributed by atoms with van der Waals surface area (Å²) in [6.45, 7) is 2.90. The molecule has 14 heavy (non-hydrogen) atoms. The van der Waals surface area contributed by atoms with Crippen LogP contribution in [0.15, 0.2) is 12.3 Å². The molecule has 0 saturated heterocycles. The topological polar surface area (TPSA) is 47.0 Å². The molecule has 0 unspecified atom stereocenters. The standard InChI is InChI=1S/C10H10FNO2/c1-6-3-4-12-10(11)9(6)8(14)5-7(2)13/h3-4H,5H2,1-2H3. The van der Waals surface area contributed by atoms with E-state index < -0.39 is 11.7 Å². The smallest absolute Gasteiger partial charge is 0.223 e. The van der Waals surface area contributed by atoms with Crippen LogP contribution in [0.25, 0.3) is 0 Å². The minimum Gasteiger partial charge on any atom is -0.300 e. The highest BCUT2D eigenvalue weighted by Crippen LogP contribution is 2.12. The Morgan fingerprint density at radius 2 is 2.14 bits per heavy atom. The highest BCUT2D eigenvalue weighted by molar-refractivity contribution is 6.08. The highest BCUT2D eigenvalue weighted by atomic mass is 19.1. The van der Waals surface area contributed by atoms with E-state index in [1.807, 2.05) is 0 Å². The first-order chi connectivity index (χ1) is 6.52. The van der Waals surface area contributed by atoms with Gasteiger partial charge in [-0.15, -0.1) is 0 Å². The summed E-state index contributed by atoms with van der Waals surface area (Å²) in [7, 11) is 0. The van der Waals surface area contributed by atoms with Crippen molar-refractivity contribution in [3.63, 3.8) is 0 Å². The molecule has 0 aliphatic rings. The molecule has 0 saturated carbocycles. The molecule has 74 valence electrons. The average molecular weight is 195 g/mol. The van der Waals surface area contributed by atoms with E-state index >= 15 is 0 Å². The maximum Gasteiger partial charge on any atom is 0.223 e. The molecule has 0 fully saturated rings. The quantitative estimate of drug-likeness (QED) is 0.419. The average Bonchev–Trinajstić information content (AvgIpc) is 2.01. The van der Waals surface area contributed by atoms with Crippen molar-refractivity contribution in [1.29, 1.82) is 0 Å². The summed E-state index contributed by atoms with van der Waals surface area (Å²) < 4.78 is 13.1. The van der Waals surface area contributed by atoms with Crippen LogP contribution in [0, 0.1) is 12.9 Å². The van der Waals surface area contributed by atoms with Crippen LogP contribution in [0.4, 0.5) is 4.39 Å². The molecule has 1 rings (SSSR count). The molecule has 3 nitrogen and oxygen atoms in total. The van der Waals surface area contributed by atoms with E-state index in [-0.39, 0.29) is 17.8 Å². The number of aryl methyl sites for hydroxylation is 1. The summed E-state index contributed by atoms with van der Waals surface area (Å²) in [4.78, 5) is 25.5. The lowest BCUT2D eigenvalue weighted by molar-refractivity contribution is -0.116. The van der Waals surface area contributed by atoms with Crippen molar-refractivity contribution >= 4 is 11.6 Å². The van der Waals surface area contributed by atoms with E-state index in [2.05, 4.69) is 4.98 Å². The van der Waals surface area contributed by atoms with E-state index in [9.17, 15) is 14.0 Å². The first kappa shape index (κ1) is 10.5. The van der Waals surface area contributed by atoms with Gasteiger partial charge in [-0.25, -0.2) is 4.98 Å². The molecule has 0 bridgehead atoms. The molecule has 0 aliphatic carbocycles. The highest BCUT2D eigenvalue weighted by Gasteiger charge is 2.16. The summed E-state index contributed by atoms with van der Waals surface area (Å²) in [5.74, 6) is -1.60. The Labute approximate surface area is 81.0 Å². The van der Waals surface area contributed by atoms with Gasteiger partial charge in [-0.2, -0.15) is 4.39 Å². The number of ketones is 2. The van der Waals surface area contributed by atoms with Gasteiger partial charge in [0.2, 0.25) is 5.95 Å². The third-order valence-corrected chi connectivity index (χ3v) is 1.80. The van der Waals surface area contributed by atoms with Crippen molar-refractivity contribution in [3.8, 4) is 0 Å². The first-order valence-corrected chi connectivity index (χ1v) is 4.16. The van der Waals surface area contributed by atoms with Gasteiger partial charge in [-0.1, -0.05) is 0 Å². The van der Waals surface area contributed by atoms with Gasteiger partial charge in [-0.05, 0) is 25.5 Å². The predicted octanol–water partition coefficient (Wildman–Crippen LogP) is 1.69. The molecule has 0 amide bonds. The van der Waals surface area contributed by atoms with Gasteiger partial charge in [0, 0.05) is 6.20 Å². The molecule has 1 heterocycles. The van der Waals surface area contributed by atoms with Gasteiger partial charge in [0.25, 0.3) is 0 Å². The SMILES string of the molecule is CC(=O)CC(=O)c1c(C)ccnc1F. The Hall–Kier alpha value is -1.58. The lowest BCUT2D eigenvalue weighted by atomic mass is 10.0.